The summed E-state index contributed by atoms with van der Waals surface area (Å²) in [7, 11) is 6.76. The number of carboxylic acids is 1. The van der Waals surface area contributed by atoms with Crippen molar-refractivity contribution in [3.63, 3.8) is 0 Å². The smallest absolute Gasteiger partial charge is 0.303 e. The number of carbonyl (C=O) groups is 1. The third-order valence-corrected chi connectivity index (χ3v) is 9.91. The van der Waals surface area contributed by atoms with Gasteiger partial charge in [0, 0.05) is 61.8 Å². The molecule has 1 N–H and O–H groups in total. The first kappa shape index (κ1) is 41.1. The molecule has 0 bridgehead atoms. The van der Waals surface area contributed by atoms with Gasteiger partial charge in [0.05, 0.1) is 27.7 Å². The number of hydrogen-bond acceptors (Lipinski definition) is 3. The van der Waals surface area contributed by atoms with Crippen molar-refractivity contribution in [3.05, 3.63) is 136 Å². The number of ether oxygens (including phenoxy) is 1. The van der Waals surface area contributed by atoms with Crippen LogP contribution in [0.4, 0.5) is 11.4 Å². The summed E-state index contributed by atoms with van der Waals surface area (Å²) in [5.74, 6) is 0.876. The van der Waals surface area contributed by atoms with Crippen LogP contribution in [0, 0.1) is 13.8 Å². The van der Waals surface area contributed by atoms with E-state index in [4.69, 9.17) is 9.84 Å². The average Bonchev–Trinajstić information content (AvgIpc) is 3.12. The van der Waals surface area contributed by atoms with E-state index in [-0.39, 0.29) is 6.42 Å². The van der Waals surface area contributed by atoms with E-state index in [0.29, 0.717) is 6.42 Å². The van der Waals surface area contributed by atoms with Crippen LogP contribution in [0.25, 0.3) is 0 Å². The molecule has 0 saturated carbocycles. The quantitative estimate of drug-likeness (QED) is 0.0809. The van der Waals surface area contributed by atoms with Gasteiger partial charge in [-0.25, -0.2) is 0 Å². The number of para-hydroxylation sites is 2. The Bertz CT molecular complexity index is 1840. The zero-order chi connectivity index (χ0) is 38.4. The SMILES string of the molecule is CCCC/[N+](=C(C)\C=C\C1=C(Oc2ccc(CCC(=O)O)cc2)C(=C/C=C(\C)N(CCC[N+](C)(C)C)c2ccccc2C)/CCC1)c1ccccc1C. The van der Waals surface area contributed by atoms with E-state index in [0.717, 1.165) is 79.7 Å². The molecule has 0 fully saturated rings. The Labute approximate surface area is 319 Å². The summed E-state index contributed by atoms with van der Waals surface area (Å²) in [5.41, 5.74) is 10.8. The van der Waals surface area contributed by atoms with E-state index in [1.807, 2.05) is 24.3 Å². The third kappa shape index (κ3) is 12.7. The third-order valence-electron chi connectivity index (χ3n) is 9.91. The maximum absolute atomic E-state index is 11.2. The topological polar surface area (TPSA) is 52.8 Å². The van der Waals surface area contributed by atoms with E-state index < -0.39 is 5.97 Å². The highest BCUT2D eigenvalue weighted by Crippen LogP contribution is 2.34. The highest BCUT2D eigenvalue weighted by atomic mass is 16.5. The molecule has 1 aliphatic rings. The number of allylic oxidation sites excluding steroid dienone is 7. The summed E-state index contributed by atoms with van der Waals surface area (Å²) < 4.78 is 10.2. The molecule has 53 heavy (non-hydrogen) atoms. The molecule has 0 spiro atoms. The van der Waals surface area contributed by atoms with Crippen molar-refractivity contribution >= 4 is 23.1 Å². The highest BCUT2D eigenvalue weighted by molar-refractivity contribution is 5.90. The number of hydrogen-bond donors (Lipinski definition) is 1. The number of unbranched alkanes of at least 4 members (excludes halogenated alkanes) is 1. The second kappa shape index (κ2) is 20.0. The van der Waals surface area contributed by atoms with Crippen LogP contribution in [-0.2, 0) is 11.2 Å². The van der Waals surface area contributed by atoms with E-state index in [2.05, 4.69) is 138 Å². The highest BCUT2D eigenvalue weighted by Gasteiger charge is 2.21. The van der Waals surface area contributed by atoms with E-state index in [9.17, 15) is 4.79 Å². The van der Waals surface area contributed by atoms with Gasteiger partial charge in [-0.1, -0.05) is 68.0 Å². The number of aryl methyl sites for hydroxylation is 3. The number of rotatable bonds is 18. The number of nitrogens with zero attached hydrogens (tertiary/aromatic N) is 3. The van der Waals surface area contributed by atoms with Crippen LogP contribution in [0.3, 0.4) is 0 Å². The van der Waals surface area contributed by atoms with Crippen molar-refractivity contribution in [3.8, 4) is 5.75 Å². The van der Waals surface area contributed by atoms with Gasteiger partial charge in [-0.3, -0.25) is 4.79 Å². The standard InChI is InChI=1S/C47H62N3O3/c1-9-10-33-48(44-21-13-11-17-36(44)2)38(4)23-28-41-19-15-20-42(47(41)53-43-30-25-40(26-31-43)27-32-46(51)52)29-24-39(5)49(34-16-35-50(6,7)8)45-22-14-12-18-37(45)3/h11-14,17-18,21-26,28-31H,9-10,15-16,19-20,27,32-35H2,1-8H3/q+1/p+1. The van der Waals surface area contributed by atoms with Gasteiger partial charge in [0.2, 0.25) is 5.69 Å². The molecular weight excluding hydrogens is 655 g/mol. The molecule has 0 radical (unpaired) electrons. The Hall–Kier alpha value is -4.68. The minimum atomic E-state index is -0.788. The predicted molar refractivity (Wildman–Crippen MR) is 222 cm³/mol. The van der Waals surface area contributed by atoms with Crippen LogP contribution >= 0.6 is 0 Å². The summed E-state index contributed by atoms with van der Waals surface area (Å²) in [4.78, 5) is 13.6. The fraction of sp³-hybridized carbons (Fsp3) is 0.404. The summed E-state index contributed by atoms with van der Waals surface area (Å²) in [6.45, 7) is 14.0. The first-order chi connectivity index (χ1) is 25.4. The molecule has 0 aromatic heterocycles. The molecule has 0 atom stereocenters. The van der Waals surface area contributed by atoms with Crippen LogP contribution in [0.1, 0.15) is 82.4 Å². The molecule has 0 heterocycles. The first-order valence-electron chi connectivity index (χ1n) is 19.4. The summed E-state index contributed by atoms with van der Waals surface area (Å²) in [6.07, 6.45) is 15.9. The Kier molecular flexibility index (Phi) is 15.5. The number of aliphatic carboxylic acids is 1. The molecule has 0 saturated heterocycles. The zero-order valence-electron chi connectivity index (χ0n) is 33.6. The maximum Gasteiger partial charge on any atom is 0.303 e. The van der Waals surface area contributed by atoms with Crippen molar-refractivity contribution in [1.29, 1.82) is 0 Å². The van der Waals surface area contributed by atoms with Crippen molar-refractivity contribution in [1.82, 2.24) is 0 Å². The molecule has 0 amide bonds. The first-order valence-corrected chi connectivity index (χ1v) is 19.4. The number of benzene rings is 3. The van der Waals surface area contributed by atoms with E-state index in [1.165, 1.54) is 45.1 Å². The molecule has 3 aromatic carbocycles. The van der Waals surface area contributed by atoms with Crippen molar-refractivity contribution in [2.45, 2.75) is 86.0 Å². The van der Waals surface area contributed by atoms with Crippen LogP contribution in [-0.4, -0.2) is 66.6 Å². The molecule has 0 unspecified atom stereocenters. The van der Waals surface area contributed by atoms with Crippen molar-refractivity contribution in [2.75, 3.05) is 45.7 Å². The van der Waals surface area contributed by atoms with Gasteiger partial charge < -0.3 is 19.2 Å². The van der Waals surface area contributed by atoms with E-state index >= 15 is 0 Å². The lowest BCUT2D eigenvalue weighted by Crippen LogP contribution is -2.37. The fourth-order valence-corrected chi connectivity index (χ4v) is 6.79. The van der Waals surface area contributed by atoms with Crippen molar-refractivity contribution < 1.29 is 23.7 Å². The van der Waals surface area contributed by atoms with Gasteiger partial charge in [0.1, 0.15) is 18.1 Å². The number of carboxylic acid groups (broad SMARTS) is 1. The lowest BCUT2D eigenvalue weighted by Gasteiger charge is -2.30. The molecular formula is C47H63N3O3+2. The molecule has 282 valence electrons. The molecule has 4 rings (SSSR count). The van der Waals surface area contributed by atoms with Gasteiger partial charge in [-0.05, 0) is 99.1 Å². The molecule has 3 aromatic rings. The zero-order valence-corrected chi connectivity index (χ0v) is 33.6. The summed E-state index contributed by atoms with van der Waals surface area (Å²) in [5, 5.41) is 9.17. The second-order valence-corrected chi connectivity index (χ2v) is 15.4. The average molecular weight is 718 g/mol. The summed E-state index contributed by atoms with van der Waals surface area (Å²) >= 11 is 0. The lowest BCUT2D eigenvalue weighted by atomic mass is 9.92. The number of quaternary nitrogens is 1. The Morgan fingerprint density at radius 2 is 1.62 bits per heavy atom. The van der Waals surface area contributed by atoms with Gasteiger partial charge in [-0.15, -0.1) is 0 Å². The van der Waals surface area contributed by atoms with Crippen LogP contribution in [0.15, 0.2) is 120 Å². The monoisotopic (exact) mass is 717 g/mol. The van der Waals surface area contributed by atoms with Gasteiger partial charge in [0.15, 0.2) is 5.71 Å². The van der Waals surface area contributed by atoms with Crippen LogP contribution in [0.2, 0.25) is 0 Å². The summed E-state index contributed by atoms with van der Waals surface area (Å²) in [6, 6.07) is 25.2. The molecule has 6 heteroatoms. The Balaban J connectivity index is 1.76. The Morgan fingerprint density at radius 3 is 2.28 bits per heavy atom. The largest absolute Gasteiger partial charge is 0.481 e. The molecule has 1 aliphatic carbocycles. The van der Waals surface area contributed by atoms with Gasteiger partial charge in [-0.2, -0.15) is 4.58 Å². The van der Waals surface area contributed by atoms with E-state index in [1.54, 1.807) is 0 Å². The molecule has 6 nitrogen and oxygen atoms in total. The minimum Gasteiger partial charge on any atom is -0.481 e. The lowest BCUT2D eigenvalue weighted by molar-refractivity contribution is -0.870. The minimum absolute atomic E-state index is 0.112. The Morgan fingerprint density at radius 1 is 0.925 bits per heavy atom. The second-order valence-electron chi connectivity index (χ2n) is 15.4. The van der Waals surface area contributed by atoms with Gasteiger partial charge in [0.25, 0.3) is 0 Å². The predicted octanol–water partition coefficient (Wildman–Crippen LogP) is 10.7. The maximum atomic E-state index is 11.2. The molecule has 0 aliphatic heterocycles. The number of anilines is 1. The van der Waals surface area contributed by atoms with Crippen LogP contribution in [0.5, 0.6) is 5.75 Å². The van der Waals surface area contributed by atoms with Gasteiger partial charge >= 0.3 is 5.97 Å². The van der Waals surface area contributed by atoms with Crippen molar-refractivity contribution in [2.24, 2.45) is 0 Å². The fourth-order valence-electron chi connectivity index (χ4n) is 6.79. The normalized spacial score (nSPS) is 15.2. The van der Waals surface area contributed by atoms with Crippen LogP contribution < -0.4 is 9.64 Å².